The zero-order valence-electron chi connectivity index (χ0n) is 21.7. The number of aromatic nitrogens is 1. The summed E-state index contributed by atoms with van der Waals surface area (Å²) in [5.74, 6) is -0.380. The molecule has 7 heteroatoms. The topological polar surface area (TPSA) is 89.0 Å². The molecule has 1 N–H and O–H groups in total. The monoisotopic (exact) mass is 520 g/mol. The molecule has 1 aliphatic heterocycles. The number of amides is 1. The van der Waals surface area contributed by atoms with Gasteiger partial charge in [0, 0.05) is 24.5 Å². The minimum atomic E-state index is -0.777. The van der Waals surface area contributed by atoms with Crippen LogP contribution in [0.15, 0.2) is 103 Å². The number of likely N-dealkylation sites (tertiary alicyclic amines) is 1. The normalized spacial score (nSPS) is 16.4. The molecular weight excluding hydrogens is 492 g/mol. The van der Waals surface area contributed by atoms with Crippen LogP contribution in [-0.2, 0) is 22.7 Å². The van der Waals surface area contributed by atoms with E-state index in [1.807, 2.05) is 25.1 Å². The Labute approximate surface area is 227 Å². The number of carbonyl (C=O) groups excluding carboxylic acids is 2. The smallest absolute Gasteiger partial charge is 0.295 e. The average Bonchev–Trinajstić information content (AvgIpc) is 3.21. The largest absolute Gasteiger partial charge is 0.507 e. The lowest BCUT2D eigenvalue weighted by molar-refractivity contribution is -0.140. The zero-order valence-corrected chi connectivity index (χ0v) is 21.7. The molecule has 0 bridgehead atoms. The number of rotatable bonds is 8. The van der Waals surface area contributed by atoms with Crippen molar-refractivity contribution in [1.29, 1.82) is 0 Å². The van der Waals surface area contributed by atoms with Gasteiger partial charge in [0.15, 0.2) is 0 Å². The fourth-order valence-electron chi connectivity index (χ4n) is 4.69. The Balaban J connectivity index is 1.47. The highest BCUT2D eigenvalue weighted by Gasteiger charge is 2.46. The second-order valence-corrected chi connectivity index (χ2v) is 9.36. The maximum absolute atomic E-state index is 13.3. The molecular formula is C32H28N2O5. The number of carbonyl (C=O) groups is 2. The van der Waals surface area contributed by atoms with Crippen LogP contribution in [0.3, 0.4) is 0 Å². The Bertz CT molecular complexity index is 1510. The van der Waals surface area contributed by atoms with E-state index in [1.54, 1.807) is 80.2 Å². The lowest BCUT2D eigenvalue weighted by Crippen LogP contribution is -2.29. The van der Waals surface area contributed by atoms with Crippen LogP contribution in [0.2, 0.25) is 0 Å². The SMILES string of the molecule is COc1ccc([C@@H]2C(=C(O)c3ccc(OCc4cccc(C)c4)cc3)C(=O)C(=O)N2Cc2ccncc2)cc1. The minimum absolute atomic E-state index is 0.0349. The molecule has 1 aliphatic rings. The molecule has 5 rings (SSSR count). The number of aliphatic hydroxyl groups is 1. The number of ether oxygens (including phenoxy) is 2. The molecule has 2 heterocycles. The van der Waals surface area contributed by atoms with E-state index in [4.69, 9.17) is 9.47 Å². The molecule has 0 aliphatic carbocycles. The van der Waals surface area contributed by atoms with Crippen LogP contribution in [0.4, 0.5) is 0 Å². The summed E-state index contributed by atoms with van der Waals surface area (Å²) in [6.07, 6.45) is 3.27. The maximum atomic E-state index is 13.3. The van der Waals surface area contributed by atoms with Gasteiger partial charge in [-0.15, -0.1) is 0 Å². The van der Waals surface area contributed by atoms with Crippen LogP contribution in [0.1, 0.15) is 33.9 Å². The van der Waals surface area contributed by atoms with Gasteiger partial charge in [0.25, 0.3) is 11.7 Å². The first-order valence-electron chi connectivity index (χ1n) is 12.5. The van der Waals surface area contributed by atoms with Crippen molar-refractivity contribution >= 4 is 17.4 Å². The van der Waals surface area contributed by atoms with Gasteiger partial charge in [-0.05, 0) is 72.1 Å². The molecule has 1 saturated heterocycles. The van der Waals surface area contributed by atoms with Gasteiger partial charge in [0.1, 0.15) is 23.9 Å². The van der Waals surface area contributed by atoms with Crippen molar-refractivity contribution in [2.75, 3.05) is 7.11 Å². The summed E-state index contributed by atoms with van der Waals surface area (Å²) in [5, 5.41) is 11.4. The first-order valence-corrected chi connectivity index (χ1v) is 12.5. The lowest BCUT2D eigenvalue weighted by Gasteiger charge is -2.25. The fraction of sp³-hybridized carbons (Fsp3) is 0.156. The summed E-state index contributed by atoms with van der Waals surface area (Å²) < 4.78 is 11.2. The van der Waals surface area contributed by atoms with E-state index in [0.29, 0.717) is 29.2 Å². The van der Waals surface area contributed by atoms with Crippen molar-refractivity contribution in [2.24, 2.45) is 0 Å². The molecule has 1 aromatic heterocycles. The predicted molar refractivity (Wildman–Crippen MR) is 147 cm³/mol. The third-order valence-electron chi connectivity index (χ3n) is 6.69. The third-order valence-corrected chi connectivity index (χ3v) is 6.69. The van der Waals surface area contributed by atoms with Crippen molar-refractivity contribution in [3.63, 3.8) is 0 Å². The number of ketones is 1. The van der Waals surface area contributed by atoms with E-state index in [0.717, 1.165) is 16.7 Å². The molecule has 3 aromatic carbocycles. The van der Waals surface area contributed by atoms with Crippen molar-refractivity contribution in [3.05, 3.63) is 131 Å². The van der Waals surface area contributed by atoms with Crippen LogP contribution >= 0.6 is 0 Å². The molecule has 4 aromatic rings. The van der Waals surface area contributed by atoms with Crippen molar-refractivity contribution in [3.8, 4) is 11.5 Å². The fourth-order valence-corrected chi connectivity index (χ4v) is 4.69. The summed E-state index contributed by atoms with van der Waals surface area (Å²) in [5.41, 5.74) is 4.16. The number of nitrogens with zero attached hydrogens (tertiary/aromatic N) is 2. The maximum Gasteiger partial charge on any atom is 0.295 e. The van der Waals surface area contributed by atoms with E-state index in [2.05, 4.69) is 11.1 Å². The zero-order chi connectivity index (χ0) is 27.4. The molecule has 1 atom stereocenters. The first kappa shape index (κ1) is 25.7. The highest BCUT2D eigenvalue weighted by Crippen LogP contribution is 2.40. The van der Waals surface area contributed by atoms with Crippen LogP contribution in [0.25, 0.3) is 5.76 Å². The van der Waals surface area contributed by atoms with E-state index in [1.165, 1.54) is 4.90 Å². The third kappa shape index (κ3) is 5.52. The Hall–Kier alpha value is -4.91. The summed E-state index contributed by atoms with van der Waals surface area (Å²) in [7, 11) is 1.57. The average molecular weight is 521 g/mol. The molecule has 0 spiro atoms. The number of pyridine rings is 1. The van der Waals surface area contributed by atoms with Gasteiger partial charge in [-0.3, -0.25) is 14.6 Å². The second-order valence-electron chi connectivity index (χ2n) is 9.36. The van der Waals surface area contributed by atoms with Gasteiger partial charge in [0.05, 0.1) is 18.7 Å². The van der Waals surface area contributed by atoms with Crippen molar-refractivity contribution in [2.45, 2.75) is 26.1 Å². The minimum Gasteiger partial charge on any atom is -0.507 e. The van der Waals surface area contributed by atoms with Gasteiger partial charge >= 0.3 is 0 Å². The summed E-state index contributed by atoms with van der Waals surface area (Å²) >= 11 is 0. The number of aryl methyl sites for hydroxylation is 1. The van der Waals surface area contributed by atoms with E-state index in [-0.39, 0.29) is 17.9 Å². The lowest BCUT2D eigenvalue weighted by atomic mass is 9.95. The highest BCUT2D eigenvalue weighted by molar-refractivity contribution is 6.46. The van der Waals surface area contributed by atoms with Gasteiger partial charge in [-0.25, -0.2) is 0 Å². The van der Waals surface area contributed by atoms with Crippen LogP contribution in [0, 0.1) is 6.92 Å². The summed E-state index contributed by atoms with van der Waals surface area (Å²) in [6.45, 7) is 2.62. The van der Waals surface area contributed by atoms with E-state index < -0.39 is 17.7 Å². The van der Waals surface area contributed by atoms with E-state index in [9.17, 15) is 14.7 Å². The van der Waals surface area contributed by atoms with Gasteiger partial charge in [-0.1, -0.05) is 42.0 Å². The summed E-state index contributed by atoms with van der Waals surface area (Å²) in [6, 6.07) is 24.8. The standard InChI is InChI=1S/C32H28N2O5/c1-21-4-3-5-23(18-21)20-39-27-12-8-25(9-13-27)30(35)28-29(24-6-10-26(38-2)11-7-24)34(32(37)31(28)36)19-22-14-16-33-17-15-22/h3-18,29,35H,19-20H2,1-2H3/t29-/m1/s1. The van der Waals surface area contributed by atoms with Gasteiger partial charge < -0.3 is 19.5 Å². The first-order chi connectivity index (χ1) is 18.9. The molecule has 7 nitrogen and oxygen atoms in total. The molecule has 39 heavy (non-hydrogen) atoms. The van der Waals surface area contributed by atoms with Gasteiger partial charge in [-0.2, -0.15) is 0 Å². The number of hydrogen-bond donors (Lipinski definition) is 1. The van der Waals surface area contributed by atoms with Crippen LogP contribution in [0.5, 0.6) is 11.5 Å². The number of Topliss-reactive ketones (excluding diaryl/α,β-unsaturated/α-hetero) is 1. The van der Waals surface area contributed by atoms with Crippen molar-refractivity contribution in [1.82, 2.24) is 9.88 Å². The number of aliphatic hydroxyl groups excluding tert-OH is 1. The van der Waals surface area contributed by atoms with Crippen LogP contribution in [-0.4, -0.2) is 33.8 Å². The quantitative estimate of drug-likeness (QED) is 0.185. The molecule has 0 saturated carbocycles. The summed E-state index contributed by atoms with van der Waals surface area (Å²) in [4.78, 5) is 32.0. The van der Waals surface area contributed by atoms with E-state index >= 15 is 0 Å². The van der Waals surface area contributed by atoms with Crippen LogP contribution < -0.4 is 9.47 Å². The second kappa shape index (κ2) is 11.2. The number of hydrogen-bond acceptors (Lipinski definition) is 6. The number of methoxy groups -OCH3 is 1. The number of benzene rings is 3. The molecule has 1 fully saturated rings. The molecule has 0 radical (unpaired) electrons. The Kier molecular flexibility index (Phi) is 7.41. The highest BCUT2D eigenvalue weighted by atomic mass is 16.5. The Morgan fingerprint density at radius 3 is 2.26 bits per heavy atom. The Morgan fingerprint density at radius 1 is 0.897 bits per heavy atom. The van der Waals surface area contributed by atoms with Gasteiger partial charge in [0.2, 0.25) is 0 Å². The van der Waals surface area contributed by atoms with Crippen molar-refractivity contribution < 1.29 is 24.2 Å². The Morgan fingerprint density at radius 2 is 1.59 bits per heavy atom. The predicted octanol–water partition coefficient (Wildman–Crippen LogP) is 5.60. The molecule has 196 valence electrons. The molecule has 0 unspecified atom stereocenters. The molecule has 1 amide bonds.